The minimum atomic E-state index is -3.65. The van der Waals surface area contributed by atoms with Crippen molar-refractivity contribution < 1.29 is 18.0 Å². The Kier molecular flexibility index (Phi) is 6.73. The Morgan fingerprint density at radius 2 is 1.68 bits per heavy atom. The van der Waals surface area contributed by atoms with Gasteiger partial charge in [-0.3, -0.25) is 9.59 Å². The van der Waals surface area contributed by atoms with Gasteiger partial charge < -0.3 is 10.2 Å². The number of amides is 2. The average Bonchev–Trinajstić information content (AvgIpc) is 2.70. The number of halogens is 1. The summed E-state index contributed by atoms with van der Waals surface area (Å²) in [6.07, 6.45) is 1.04. The first-order valence-corrected chi connectivity index (χ1v) is 12.1. The van der Waals surface area contributed by atoms with Crippen molar-refractivity contribution in [1.29, 1.82) is 0 Å². The molecule has 0 unspecified atom stereocenters. The van der Waals surface area contributed by atoms with Crippen LogP contribution in [0.4, 0.5) is 0 Å². The van der Waals surface area contributed by atoms with Gasteiger partial charge in [-0.05, 0) is 37.1 Å². The number of nitrogens with one attached hydrogen (secondary N) is 1. The van der Waals surface area contributed by atoms with Crippen molar-refractivity contribution in [3.05, 3.63) is 70.2 Å². The Bertz CT molecular complexity index is 1070. The highest BCUT2D eigenvalue weighted by atomic mass is 35.5. The van der Waals surface area contributed by atoms with Crippen molar-refractivity contribution in [2.24, 2.45) is 0 Å². The molecule has 2 aromatic carbocycles. The number of aryl methyl sites for hydroxylation is 1. The number of nitrogens with zero attached hydrogens (tertiary/aromatic N) is 2. The highest BCUT2D eigenvalue weighted by molar-refractivity contribution is 7.88. The zero-order valence-corrected chi connectivity index (χ0v) is 19.3. The van der Waals surface area contributed by atoms with Crippen LogP contribution in [0, 0.1) is 6.92 Å². The first-order chi connectivity index (χ1) is 14.5. The molecule has 1 N–H and O–H groups in total. The molecular weight excluding hydrogens is 438 g/mol. The molecule has 1 fully saturated rings. The predicted molar refractivity (Wildman–Crippen MR) is 120 cm³/mol. The summed E-state index contributed by atoms with van der Waals surface area (Å²) in [4.78, 5) is 27.7. The maximum Gasteiger partial charge on any atom is 0.247 e. The Labute approximate surface area is 188 Å². The third-order valence-electron chi connectivity index (χ3n) is 5.48. The maximum atomic E-state index is 13.3. The lowest BCUT2D eigenvalue weighted by atomic mass is 9.94. The van der Waals surface area contributed by atoms with E-state index in [-0.39, 0.29) is 26.2 Å². The monoisotopic (exact) mass is 463 g/mol. The first-order valence-electron chi connectivity index (χ1n) is 9.83. The molecule has 2 aromatic rings. The number of benzene rings is 2. The van der Waals surface area contributed by atoms with Gasteiger partial charge in [0.05, 0.1) is 12.8 Å². The van der Waals surface area contributed by atoms with E-state index >= 15 is 0 Å². The van der Waals surface area contributed by atoms with Gasteiger partial charge in [0.25, 0.3) is 0 Å². The van der Waals surface area contributed by atoms with Gasteiger partial charge in [-0.2, -0.15) is 4.31 Å². The normalized spacial score (nSPS) is 20.0. The van der Waals surface area contributed by atoms with E-state index in [2.05, 4.69) is 5.32 Å². The summed E-state index contributed by atoms with van der Waals surface area (Å²) in [7, 11) is -3.65. The fraction of sp³-hybridized carbons (Fsp3) is 0.364. The van der Waals surface area contributed by atoms with Crippen molar-refractivity contribution in [2.75, 3.05) is 19.3 Å². The van der Waals surface area contributed by atoms with Crippen LogP contribution in [-0.4, -0.2) is 54.3 Å². The molecule has 0 aromatic heterocycles. The molecule has 1 aliphatic heterocycles. The highest BCUT2D eigenvalue weighted by Gasteiger charge is 2.49. The molecular formula is C22H26ClN3O4S. The van der Waals surface area contributed by atoms with E-state index in [4.69, 9.17) is 11.6 Å². The fourth-order valence-electron chi connectivity index (χ4n) is 3.54. The Morgan fingerprint density at radius 3 is 2.26 bits per heavy atom. The number of carbonyl (C=O) groups excluding carboxylic acids is 2. The molecule has 9 heteroatoms. The lowest BCUT2D eigenvalue weighted by molar-refractivity contribution is -0.153. The van der Waals surface area contributed by atoms with Gasteiger partial charge in [-0.25, -0.2) is 8.42 Å². The first kappa shape index (κ1) is 23.2. The van der Waals surface area contributed by atoms with Gasteiger partial charge in [0.2, 0.25) is 21.8 Å². The third-order valence-corrected chi connectivity index (χ3v) is 6.93. The third kappa shape index (κ3) is 5.44. The van der Waals surface area contributed by atoms with E-state index in [1.165, 1.54) is 4.90 Å². The van der Waals surface area contributed by atoms with Crippen LogP contribution in [0.3, 0.4) is 0 Å². The molecule has 1 heterocycles. The topological polar surface area (TPSA) is 86.8 Å². The second-order valence-corrected chi connectivity index (χ2v) is 10.5. The van der Waals surface area contributed by atoms with Crippen LogP contribution in [-0.2, 0) is 32.7 Å². The number of hydrogen-bond donors (Lipinski definition) is 1. The summed E-state index contributed by atoms with van der Waals surface area (Å²) < 4.78 is 25.4. The molecule has 7 nitrogen and oxygen atoms in total. The molecule has 166 valence electrons. The second kappa shape index (κ2) is 8.98. The molecule has 31 heavy (non-hydrogen) atoms. The van der Waals surface area contributed by atoms with Crippen LogP contribution in [0.15, 0.2) is 48.5 Å². The molecule has 1 aliphatic rings. The molecule has 2 amide bonds. The maximum absolute atomic E-state index is 13.3. The molecule has 0 saturated carbocycles. The van der Waals surface area contributed by atoms with E-state index in [1.54, 1.807) is 31.2 Å². The summed E-state index contributed by atoms with van der Waals surface area (Å²) in [5, 5.41) is 3.44. The number of rotatable bonds is 6. The van der Waals surface area contributed by atoms with Gasteiger partial charge in [0.1, 0.15) is 5.54 Å². The molecule has 1 saturated heterocycles. The van der Waals surface area contributed by atoms with Crippen molar-refractivity contribution in [3.63, 3.8) is 0 Å². The van der Waals surface area contributed by atoms with E-state index in [9.17, 15) is 18.0 Å². The SMILES string of the molecule is Cc1ccc(CNC(=O)[C@@]2(C)CN(S(C)(=O)=O)CC(=O)N2Cc2ccc(Cl)cc2)cc1. The van der Waals surface area contributed by atoms with Crippen LogP contribution >= 0.6 is 11.6 Å². The van der Waals surface area contributed by atoms with Gasteiger partial charge in [0, 0.05) is 24.7 Å². The van der Waals surface area contributed by atoms with Crippen LogP contribution < -0.4 is 5.32 Å². The summed E-state index contributed by atoms with van der Waals surface area (Å²) in [5.74, 6) is -0.844. The lowest BCUT2D eigenvalue weighted by Gasteiger charge is -2.46. The fourth-order valence-corrected chi connectivity index (χ4v) is 4.50. The average molecular weight is 464 g/mol. The zero-order valence-electron chi connectivity index (χ0n) is 17.8. The van der Waals surface area contributed by atoms with E-state index < -0.39 is 27.4 Å². The quantitative estimate of drug-likeness (QED) is 0.712. The molecule has 0 spiro atoms. The van der Waals surface area contributed by atoms with Crippen LogP contribution in [0.2, 0.25) is 5.02 Å². The highest BCUT2D eigenvalue weighted by Crippen LogP contribution is 2.27. The Balaban J connectivity index is 1.87. The summed E-state index contributed by atoms with van der Waals surface area (Å²) >= 11 is 5.95. The summed E-state index contributed by atoms with van der Waals surface area (Å²) in [5.41, 5.74) is 1.44. The Hall–Kier alpha value is -2.42. The standard InChI is InChI=1S/C22H26ClN3O4S/c1-16-4-6-17(7-5-16)12-24-21(28)22(2)15-25(31(3,29)30)14-20(27)26(22)13-18-8-10-19(23)11-9-18/h4-11H,12-15H2,1-3H3,(H,24,28)/t22-/m1/s1. The van der Waals surface area contributed by atoms with Crippen LogP contribution in [0.5, 0.6) is 0 Å². The van der Waals surface area contributed by atoms with Gasteiger partial charge in [-0.1, -0.05) is 53.6 Å². The number of carbonyl (C=O) groups is 2. The number of sulfonamides is 1. The van der Waals surface area contributed by atoms with Crippen LogP contribution in [0.25, 0.3) is 0 Å². The molecule has 0 radical (unpaired) electrons. The molecule has 1 atom stereocenters. The van der Waals surface area contributed by atoms with Crippen molar-refractivity contribution in [1.82, 2.24) is 14.5 Å². The van der Waals surface area contributed by atoms with E-state index in [1.807, 2.05) is 31.2 Å². The molecule has 0 bridgehead atoms. The number of piperazine rings is 1. The van der Waals surface area contributed by atoms with Gasteiger partial charge in [0.15, 0.2) is 0 Å². The summed E-state index contributed by atoms with van der Waals surface area (Å²) in [6.45, 7) is 3.60. The summed E-state index contributed by atoms with van der Waals surface area (Å²) in [6, 6.07) is 14.7. The van der Waals surface area contributed by atoms with Crippen molar-refractivity contribution in [2.45, 2.75) is 32.5 Å². The Morgan fingerprint density at radius 1 is 1.10 bits per heavy atom. The predicted octanol–water partition coefficient (Wildman–Crippen LogP) is 2.33. The van der Waals surface area contributed by atoms with E-state index in [0.717, 1.165) is 27.3 Å². The minimum absolute atomic E-state index is 0.120. The lowest BCUT2D eigenvalue weighted by Crippen LogP contribution is -2.69. The van der Waals surface area contributed by atoms with E-state index in [0.29, 0.717) is 5.02 Å². The molecule has 3 rings (SSSR count). The van der Waals surface area contributed by atoms with Crippen LogP contribution in [0.1, 0.15) is 23.6 Å². The van der Waals surface area contributed by atoms with Crippen molar-refractivity contribution in [3.8, 4) is 0 Å². The van der Waals surface area contributed by atoms with Gasteiger partial charge >= 0.3 is 0 Å². The van der Waals surface area contributed by atoms with Crippen molar-refractivity contribution >= 4 is 33.4 Å². The molecule has 0 aliphatic carbocycles. The van der Waals surface area contributed by atoms with Gasteiger partial charge in [-0.15, -0.1) is 0 Å². The number of hydrogen-bond acceptors (Lipinski definition) is 4. The zero-order chi connectivity index (χ0) is 22.8. The smallest absolute Gasteiger partial charge is 0.247 e. The minimum Gasteiger partial charge on any atom is -0.350 e. The largest absolute Gasteiger partial charge is 0.350 e. The second-order valence-electron chi connectivity index (χ2n) is 8.08.